The Morgan fingerprint density at radius 1 is 0.538 bits per heavy atom. The van der Waals surface area contributed by atoms with Crippen molar-refractivity contribution in [3.8, 4) is 0 Å². The van der Waals surface area contributed by atoms with Crippen LogP contribution in [0.5, 0.6) is 0 Å². The Morgan fingerprint density at radius 3 is 1.69 bits per heavy atom. The third-order valence-electron chi connectivity index (χ3n) is 12.2. The smallest absolute Gasteiger partial charge is 0.248 e. The molecule has 1 fully saturated rings. The fourth-order valence-corrected chi connectivity index (χ4v) is 10.0. The van der Waals surface area contributed by atoms with Crippen molar-refractivity contribution in [2.45, 2.75) is 51.9 Å². The number of hydrogen-bond donors (Lipinski definition) is 0. The Balaban J connectivity index is 1.36. The lowest BCUT2D eigenvalue weighted by atomic mass is 9.30. The minimum absolute atomic E-state index is 0.0893. The summed E-state index contributed by atoms with van der Waals surface area (Å²) in [4.78, 5) is 5.23. The molecule has 0 aromatic heterocycles. The van der Waals surface area contributed by atoms with Crippen molar-refractivity contribution in [1.29, 1.82) is 0 Å². The molecule has 10 rings (SSSR count). The van der Waals surface area contributed by atoms with Gasteiger partial charge in [0.25, 0.3) is 0 Å². The molecule has 6 aromatic rings. The maximum absolute atomic E-state index is 2.66. The van der Waals surface area contributed by atoms with Gasteiger partial charge < -0.3 is 9.80 Å². The third kappa shape index (κ3) is 4.72. The van der Waals surface area contributed by atoms with Gasteiger partial charge in [-0.25, -0.2) is 0 Å². The third-order valence-corrected chi connectivity index (χ3v) is 12.2. The van der Waals surface area contributed by atoms with Crippen LogP contribution in [0.3, 0.4) is 0 Å². The topological polar surface area (TPSA) is 6.48 Å². The average molecular weight is 671 g/mol. The maximum atomic E-state index is 2.66. The number of nitrogens with zero attached hydrogens (tertiary/aromatic N) is 2. The molecule has 3 heteroatoms. The molecule has 0 amide bonds. The Kier molecular flexibility index (Phi) is 7.39. The molecule has 0 saturated heterocycles. The normalized spacial score (nSPS) is 17.6. The molecule has 2 nitrogen and oxygen atoms in total. The van der Waals surface area contributed by atoms with Crippen LogP contribution in [-0.4, -0.2) is 6.71 Å². The van der Waals surface area contributed by atoms with Gasteiger partial charge in [0.1, 0.15) is 0 Å². The average Bonchev–Trinajstić information content (AvgIpc) is 3.45. The highest BCUT2D eigenvalue weighted by Gasteiger charge is 2.54. The van der Waals surface area contributed by atoms with Crippen LogP contribution >= 0.6 is 0 Å². The van der Waals surface area contributed by atoms with E-state index in [9.17, 15) is 0 Å². The van der Waals surface area contributed by atoms with Crippen molar-refractivity contribution in [3.63, 3.8) is 0 Å². The van der Waals surface area contributed by atoms with Crippen molar-refractivity contribution in [2.24, 2.45) is 5.41 Å². The number of benzene rings is 6. The molecule has 252 valence electrons. The van der Waals surface area contributed by atoms with Crippen molar-refractivity contribution >= 4 is 57.2 Å². The first kappa shape index (κ1) is 31.2. The van der Waals surface area contributed by atoms with E-state index in [-0.39, 0.29) is 12.1 Å². The van der Waals surface area contributed by atoms with E-state index in [1.54, 1.807) is 0 Å². The van der Waals surface area contributed by atoms with Crippen molar-refractivity contribution in [2.75, 3.05) is 9.80 Å². The molecule has 2 aliphatic heterocycles. The zero-order chi connectivity index (χ0) is 34.8. The van der Waals surface area contributed by atoms with Gasteiger partial charge >= 0.3 is 0 Å². The van der Waals surface area contributed by atoms with Crippen LogP contribution < -0.4 is 20.7 Å². The lowest BCUT2D eigenvalue weighted by Crippen LogP contribution is -2.57. The first-order chi connectivity index (χ1) is 25.6. The molecule has 6 aromatic carbocycles. The van der Waals surface area contributed by atoms with Crippen molar-refractivity contribution < 1.29 is 0 Å². The molecule has 4 aliphatic rings. The summed E-state index contributed by atoms with van der Waals surface area (Å²) in [5, 5.41) is 0. The van der Waals surface area contributed by atoms with E-state index in [2.05, 4.69) is 181 Å². The highest BCUT2D eigenvalue weighted by Crippen LogP contribution is 2.61. The van der Waals surface area contributed by atoms with Gasteiger partial charge in [-0.05, 0) is 94.4 Å². The van der Waals surface area contributed by atoms with Crippen molar-refractivity contribution in [1.82, 2.24) is 0 Å². The minimum Gasteiger partial charge on any atom is -0.311 e. The SMILES string of the molecule is CC1(C)C2=C(C(c3ccccc3)=C1c1ccccc1)N(c1ccccc1)c1cc(C3CCCCC3)cc3c1B2c1ccccc1N3c1ccccc1. The molecule has 0 atom stereocenters. The summed E-state index contributed by atoms with van der Waals surface area (Å²) in [5.41, 5.74) is 18.4. The zero-order valence-electron chi connectivity index (χ0n) is 30.1. The van der Waals surface area contributed by atoms with E-state index < -0.39 is 0 Å². The fourth-order valence-electron chi connectivity index (χ4n) is 10.0. The van der Waals surface area contributed by atoms with Gasteiger partial charge in [0.05, 0.1) is 0 Å². The molecule has 0 bridgehead atoms. The van der Waals surface area contributed by atoms with Gasteiger partial charge in [-0.3, -0.25) is 0 Å². The van der Waals surface area contributed by atoms with Crippen LogP contribution in [0, 0.1) is 5.41 Å². The van der Waals surface area contributed by atoms with Crippen LogP contribution in [0.1, 0.15) is 68.6 Å². The van der Waals surface area contributed by atoms with Crippen LogP contribution in [0.15, 0.2) is 169 Å². The van der Waals surface area contributed by atoms with E-state index in [0.29, 0.717) is 5.92 Å². The Bertz CT molecular complexity index is 2350. The van der Waals surface area contributed by atoms with E-state index in [4.69, 9.17) is 0 Å². The number of fused-ring (bicyclic) bond motifs is 3. The molecule has 0 spiro atoms. The maximum Gasteiger partial charge on any atom is 0.248 e. The molecule has 2 heterocycles. The summed E-state index contributed by atoms with van der Waals surface area (Å²) in [7, 11) is 0. The van der Waals surface area contributed by atoms with E-state index in [1.807, 2.05) is 0 Å². The lowest BCUT2D eigenvalue weighted by Gasteiger charge is -2.47. The van der Waals surface area contributed by atoms with Gasteiger partial charge in [0, 0.05) is 45.1 Å². The summed E-state index contributed by atoms with van der Waals surface area (Å²) in [6, 6.07) is 59.0. The molecule has 0 radical (unpaired) electrons. The second kappa shape index (κ2) is 12.3. The second-order valence-corrected chi connectivity index (χ2v) is 15.5. The standard InChI is InChI=1S/C49H43BN2/c1-49(2)45(36-24-12-5-13-25-36)44(35-22-10-4-11-23-35)47-48(49)50-40-30-18-19-31-41(40)51(38-26-14-6-15-27-38)42-32-37(34-20-8-3-9-21-34)33-43(46(42)50)52(47)39-28-16-7-17-29-39/h4-7,10-19,22-34H,3,8-9,20-21H2,1-2H3. The van der Waals surface area contributed by atoms with Crippen LogP contribution in [0.25, 0.3) is 11.1 Å². The van der Waals surface area contributed by atoms with E-state index in [0.717, 1.165) is 0 Å². The highest BCUT2D eigenvalue weighted by atomic mass is 15.2. The number of hydrogen-bond acceptors (Lipinski definition) is 2. The number of anilines is 5. The highest BCUT2D eigenvalue weighted by molar-refractivity contribution is 6.95. The largest absolute Gasteiger partial charge is 0.311 e. The molecule has 52 heavy (non-hydrogen) atoms. The molecule has 0 N–H and O–H groups in total. The van der Waals surface area contributed by atoms with Gasteiger partial charge in [0.2, 0.25) is 6.71 Å². The molecule has 1 saturated carbocycles. The van der Waals surface area contributed by atoms with Crippen molar-refractivity contribution in [3.05, 3.63) is 186 Å². The Labute approximate surface area is 308 Å². The van der Waals surface area contributed by atoms with Gasteiger partial charge in [0.15, 0.2) is 0 Å². The van der Waals surface area contributed by atoms with Crippen LogP contribution in [0.2, 0.25) is 0 Å². The number of allylic oxidation sites excluding steroid dienone is 3. The fraction of sp³-hybridized carbons (Fsp3) is 0.184. The monoisotopic (exact) mass is 670 g/mol. The van der Waals surface area contributed by atoms with Gasteiger partial charge in [-0.1, -0.05) is 154 Å². The second-order valence-electron chi connectivity index (χ2n) is 15.5. The Hall–Kier alpha value is -5.54. The first-order valence-electron chi connectivity index (χ1n) is 19.2. The summed E-state index contributed by atoms with van der Waals surface area (Å²) in [6.45, 7) is 5.06. The first-order valence-corrected chi connectivity index (χ1v) is 19.2. The van der Waals surface area contributed by atoms with E-state index >= 15 is 0 Å². The summed E-state index contributed by atoms with van der Waals surface area (Å²) < 4.78 is 0. The Morgan fingerprint density at radius 2 is 1.06 bits per heavy atom. The summed E-state index contributed by atoms with van der Waals surface area (Å²) in [5.74, 6) is 0.556. The quantitative estimate of drug-likeness (QED) is 0.169. The number of para-hydroxylation sites is 3. The van der Waals surface area contributed by atoms with Gasteiger partial charge in [-0.2, -0.15) is 0 Å². The predicted molar refractivity (Wildman–Crippen MR) is 221 cm³/mol. The molecule has 2 aliphatic carbocycles. The molecular weight excluding hydrogens is 627 g/mol. The number of rotatable bonds is 5. The predicted octanol–water partition coefficient (Wildman–Crippen LogP) is 11.7. The molecular formula is C49H43BN2. The molecule has 0 unspecified atom stereocenters. The summed E-state index contributed by atoms with van der Waals surface area (Å²) >= 11 is 0. The summed E-state index contributed by atoms with van der Waals surface area (Å²) in [6.07, 6.45) is 6.46. The van der Waals surface area contributed by atoms with E-state index in [1.165, 1.54) is 110 Å². The van der Waals surface area contributed by atoms with Crippen LogP contribution in [0.4, 0.5) is 28.4 Å². The zero-order valence-corrected chi connectivity index (χ0v) is 30.1. The van der Waals surface area contributed by atoms with Crippen LogP contribution in [-0.2, 0) is 0 Å². The van der Waals surface area contributed by atoms with Gasteiger partial charge in [-0.15, -0.1) is 0 Å². The minimum atomic E-state index is -0.279. The lowest BCUT2D eigenvalue weighted by molar-refractivity contribution is 0.444.